The molecule has 0 saturated heterocycles. The van der Waals surface area contributed by atoms with Crippen molar-refractivity contribution in [2.24, 2.45) is 0 Å². The molecule has 2 N–H and O–H groups in total. The highest BCUT2D eigenvalue weighted by Crippen LogP contribution is 2.16. The van der Waals surface area contributed by atoms with Gasteiger partial charge in [-0.15, -0.1) is 0 Å². The predicted molar refractivity (Wildman–Crippen MR) is 89.8 cm³/mol. The lowest BCUT2D eigenvalue weighted by Crippen LogP contribution is -2.06. The molecule has 23 heavy (non-hydrogen) atoms. The van der Waals surface area contributed by atoms with Crippen molar-refractivity contribution in [2.45, 2.75) is 27.3 Å². The first kappa shape index (κ1) is 15.0. The highest BCUT2D eigenvalue weighted by Gasteiger charge is 2.06. The SMILES string of the molecule is Cc1cc(NCc2ccccc2C)nc(Nc2cc(C)on2)n1. The van der Waals surface area contributed by atoms with Crippen LogP contribution in [0.15, 0.2) is 40.9 Å². The van der Waals surface area contributed by atoms with E-state index < -0.39 is 0 Å². The van der Waals surface area contributed by atoms with Crippen LogP contribution < -0.4 is 10.6 Å². The molecule has 3 aromatic rings. The van der Waals surface area contributed by atoms with Crippen LogP contribution in [0, 0.1) is 20.8 Å². The van der Waals surface area contributed by atoms with Crippen molar-refractivity contribution >= 4 is 17.6 Å². The van der Waals surface area contributed by atoms with Crippen molar-refractivity contribution in [3.8, 4) is 0 Å². The summed E-state index contributed by atoms with van der Waals surface area (Å²) in [5, 5.41) is 10.3. The zero-order valence-corrected chi connectivity index (χ0v) is 13.4. The van der Waals surface area contributed by atoms with Gasteiger partial charge in [0.05, 0.1) is 0 Å². The van der Waals surface area contributed by atoms with E-state index in [1.54, 1.807) is 6.07 Å². The predicted octanol–water partition coefficient (Wildman–Crippen LogP) is 3.75. The fraction of sp³-hybridized carbons (Fsp3) is 0.235. The molecule has 2 aromatic heterocycles. The number of aromatic nitrogens is 3. The van der Waals surface area contributed by atoms with Crippen LogP contribution in [0.5, 0.6) is 0 Å². The monoisotopic (exact) mass is 309 g/mol. The number of aryl methyl sites for hydroxylation is 3. The normalized spacial score (nSPS) is 10.6. The minimum atomic E-state index is 0.491. The van der Waals surface area contributed by atoms with Gasteiger partial charge < -0.3 is 15.2 Å². The summed E-state index contributed by atoms with van der Waals surface area (Å²) in [6.07, 6.45) is 0. The number of nitrogens with one attached hydrogen (secondary N) is 2. The van der Waals surface area contributed by atoms with Gasteiger partial charge in [-0.1, -0.05) is 29.4 Å². The molecule has 3 rings (SSSR count). The largest absolute Gasteiger partial charge is 0.366 e. The summed E-state index contributed by atoms with van der Waals surface area (Å²) >= 11 is 0. The third kappa shape index (κ3) is 3.85. The average Bonchev–Trinajstić information content (AvgIpc) is 2.91. The lowest BCUT2D eigenvalue weighted by atomic mass is 10.1. The zero-order valence-electron chi connectivity index (χ0n) is 13.4. The highest BCUT2D eigenvalue weighted by molar-refractivity contribution is 5.51. The van der Waals surface area contributed by atoms with Gasteiger partial charge in [0, 0.05) is 24.4 Å². The van der Waals surface area contributed by atoms with E-state index in [2.05, 4.69) is 44.8 Å². The summed E-state index contributed by atoms with van der Waals surface area (Å²) in [6, 6.07) is 12.0. The van der Waals surface area contributed by atoms with Crippen molar-refractivity contribution in [1.29, 1.82) is 0 Å². The van der Waals surface area contributed by atoms with E-state index in [1.807, 2.05) is 32.0 Å². The Morgan fingerprint density at radius 2 is 1.83 bits per heavy atom. The lowest BCUT2D eigenvalue weighted by Gasteiger charge is -2.10. The minimum Gasteiger partial charge on any atom is -0.366 e. The van der Waals surface area contributed by atoms with E-state index in [-0.39, 0.29) is 0 Å². The van der Waals surface area contributed by atoms with Crippen LogP contribution in [0.3, 0.4) is 0 Å². The number of hydrogen-bond donors (Lipinski definition) is 2. The zero-order chi connectivity index (χ0) is 16.2. The number of nitrogens with zero attached hydrogens (tertiary/aromatic N) is 3. The number of hydrogen-bond acceptors (Lipinski definition) is 6. The van der Waals surface area contributed by atoms with Gasteiger partial charge in [-0.05, 0) is 31.9 Å². The number of anilines is 3. The Morgan fingerprint density at radius 3 is 2.57 bits per heavy atom. The van der Waals surface area contributed by atoms with Crippen molar-refractivity contribution in [3.63, 3.8) is 0 Å². The van der Waals surface area contributed by atoms with Crippen LogP contribution in [-0.2, 0) is 6.54 Å². The molecule has 0 aliphatic heterocycles. The topological polar surface area (TPSA) is 75.9 Å². The highest BCUT2D eigenvalue weighted by atomic mass is 16.5. The van der Waals surface area contributed by atoms with Crippen LogP contribution in [0.25, 0.3) is 0 Å². The van der Waals surface area contributed by atoms with Crippen molar-refractivity contribution < 1.29 is 4.52 Å². The van der Waals surface area contributed by atoms with E-state index >= 15 is 0 Å². The van der Waals surface area contributed by atoms with Gasteiger partial charge in [0.15, 0.2) is 5.82 Å². The molecule has 0 aliphatic carbocycles. The Morgan fingerprint density at radius 1 is 1.00 bits per heavy atom. The standard InChI is InChI=1S/C17H19N5O/c1-11-6-4-5-7-14(11)10-18-15-8-12(2)19-17(20-15)21-16-9-13(3)23-22-16/h4-9H,10H2,1-3H3,(H2,18,19,20,21,22). The minimum absolute atomic E-state index is 0.491. The Hall–Kier alpha value is -2.89. The third-order valence-corrected chi connectivity index (χ3v) is 3.44. The lowest BCUT2D eigenvalue weighted by molar-refractivity contribution is 0.400. The molecule has 0 saturated carbocycles. The first-order valence-electron chi connectivity index (χ1n) is 7.44. The molecule has 6 nitrogen and oxygen atoms in total. The maximum absolute atomic E-state index is 5.03. The molecular formula is C17H19N5O. The van der Waals surface area contributed by atoms with E-state index in [1.165, 1.54) is 11.1 Å². The quantitative estimate of drug-likeness (QED) is 0.747. The Bertz CT molecular complexity index is 812. The summed E-state index contributed by atoms with van der Waals surface area (Å²) in [4.78, 5) is 8.83. The Labute approximate surface area is 135 Å². The molecule has 0 fully saturated rings. The van der Waals surface area contributed by atoms with Gasteiger partial charge >= 0.3 is 0 Å². The van der Waals surface area contributed by atoms with Gasteiger partial charge in [0.2, 0.25) is 5.95 Å². The second-order valence-corrected chi connectivity index (χ2v) is 5.45. The molecule has 2 heterocycles. The maximum atomic E-state index is 5.03. The maximum Gasteiger partial charge on any atom is 0.230 e. The summed E-state index contributed by atoms with van der Waals surface area (Å²) in [5.74, 6) is 2.59. The number of rotatable bonds is 5. The molecule has 0 aliphatic rings. The van der Waals surface area contributed by atoms with E-state index in [0.29, 0.717) is 18.3 Å². The number of benzene rings is 1. The average molecular weight is 309 g/mol. The van der Waals surface area contributed by atoms with Crippen LogP contribution in [0.2, 0.25) is 0 Å². The van der Waals surface area contributed by atoms with Gasteiger partial charge in [0.1, 0.15) is 11.6 Å². The van der Waals surface area contributed by atoms with Crippen molar-refractivity contribution in [2.75, 3.05) is 10.6 Å². The molecule has 0 radical (unpaired) electrons. The van der Waals surface area contributed by atoms with Crippen molar-refractivity contribution in [1.82, 2.24) is 15.1 Å². The van der Waals surface area contributed by atoms with Crippen LogP contribution in [-0.4, -0.2) is 15.1 Å². The molecule has 1 aromatic carbocycles. The second kappa shape index (κ2) is 6.48. The van der Waals surface area contributed by atoms with Crippen LogP contribution in [0.1, 0.15) is 22.6 Å². The molecular weight excluding hydrogens is 290 g/mol. The summed E-state index contributed by atoms with van der Waals surface area (Å²) in [7, 11) is 0. The molecule has 0 unspecified atom stereocenters. The van der Waals surface area contributed by atoms with Crippen LogP contribution in [0.4, 0.5) is 17.6 Å². The summed E-state index contributed by atoms with van der Waals surface area (Å²) in [5.41, 5.74) is 3.36. The van der Waals surface area contributed by atoms with Gasteiger partial charge in [-0.2, -0.15) is 4.98 Å². The Kier molecular flexibility index (Phi) is 4.23. The van der Waals surface area contributed by atoms with E-state index in [4.69, 9.17) is 4.52 Å². The van der Waals surface area contributed by atoms with Crippen LogP contribution >= 0.6 is 0 Å². The van der Waals surface area contributed by atoms with Crippen molar-refractivity contribution in [3.05, 3.63) is 59.0 Å². The fourth-order valence-electron chi connectivity index (χ4n) is 2.25. The molecule has 0 amide bonds. The first-order valence-corrected chi connectivity index (χ1v) is 7.44. The van der Waals surface area contributed by atoms with Gasteiger partial charge in [-0.3, -0.25) is 0 Å². The molecule has 118 valence electrons. The molecule has 0 bridgehead atoms. The summed E-state index contributed by atoms with van der Waals surface area (Å²) in [6.45, 7) is 6.58. The second-order valence-electron chi connectivity index (χ2n) is 5.45. The van der Waals surface area contributed by atoms with E-state index in [0.717, 1.165) is 17.3 Å². The smallest absolute Gasteiger partial charge is 0.230 e. The Balaban J connectivity index is 1.74. The third-order valence-electron chi connectivity index (χ3n) is 3.44. The summed E-state index contributed by atoms with van der Waals surface area (Å²) < 4.78 is 5.03. The van der Waals surface area contributed by atoms with E-state index in [9.17, 15) is 0 Å². The van der Waals surface area contributed by atoms with Gasteiger partial charge in [-0.25, -0.2) is 4.98 Å². The first-order chi connectivity index (χ1) is 11.1. The molecule has 0 atom stereocenters. The molecule has 6 heteroatoms. The van der Waals surface area contributed by atoms with Gasteiger partial charge in [0.25, 0.3) is 0 Å². The molecule has 0 spiro atoms. The fourth-order valence-corrected chi connectivity index (χ4v) is 2.25.